The summed E-state index contributed by atoms with van der Waals surface area (Å²) in [5.74, 6) is 2.14. The molecule has 2 rings (SSSR count). The Labute approximate surface area is 64.0 Å². The first kappa shape index (κ1) is 6.69. The standard InChI is InChI=1S/C10H18/c1-8-4-5-9(8)10(2)6-3-7-10/h8-9H,3-7H2,1-2H3. The van der Waals surface area contributed by atoms with Crippen molar-refractivity contribution < 1.29 is 0 Å². The fourth-order valence-corrected chi connectivity index (χ4v) is 2.81. The van der Waals surface area contributed by atoms with Crippen molar-refractivity contribution in [3.05, 3.63) is 0 Å². The predicted octanol–water partition coefficient (Wildman–Crippen LogP) is 3.22. The van der Waals surface area contributed by atoms with Crippen LogP contribution in [0.2, 0.25) is 0 Å². The molecule has 0 aliphatic heterocycles. The van der Waals surface area contributed by atoms with Crippen LogP contribution in [0.5, 0.6) is 0 Å². The molecule has 0 bridgehead atoms. The largest absolute Gasteiger partial charge is 0.0622 e. The molecule has 0 saturated heterocycles. The highest BCUT2D eigenvalue weighted by Gasteiger charge is 2.45. The normalized spacial score (nSPS) is 43.8. The van der Waals surface area contributed by atoms with Gasteiger partial charge in [-0.05, 0) is 36.5 Å². The van der Waals surface area contributed by atoms with Crippen molar-refractivity contribution >= 4 is 0 Å². The Balaban J connectivity index is 1.97. The van der Waals surface area contributed by atoms with Gasteiger partial charge in [-0.15, -0.1) is 0 Å². The minimum absolute atomic E-state index is 0.789. The molecule has 58 valence electrons. The molecule has 0 nitrogen and oxygen atoms in total. The second-order valence-electron chi connectivity index (χ2n) is 4.67. The molecular weight excluding hydrogens is 120 g/mol. The van der Waals surface area contributed by atoms with Crippen LogP contribution in [0.3, 0.4) is 0 Å². The van der Waals surface area contributed by atoms with E-state index < -0.39 is 0 Å². The maximum absolute atomic E-state index is 2.50. The second kappa shape index (κ2) is 1.99. The summed E-state index contributed by atoms with van der Waals surface area (Å²) in [6, 6.07) is 0. The fraction of sp³-hybridized carbons (Fsp3) is 1.00. The summed E-state index contributed by atoms with van der Waals surface area (Å²) < 4.78 is 0. The van der Waals surface area contributed by atoms with Gasteiger partial charge in [-0.1, -0.05) is 26.7 Å². The van der Waals surface area contributed by atoms with Gasteiger partial charge in [-0.2, -0.15) is 0 Å². The van der Waals surface area contributed by atoms with Gasteiger partial charge < -0.3 is 0 Å². The van der Waals surface area contributed by atoms with Crippen LogP contribution < -0.4 is 0 Å². The third kappa shape index (κ3) is 0.741. The molecule has 2 aliphatic carbocycles. The Morgan fingerprint density at radius 3 is 2.00 bits per heavy atom. The third-order valence-electron chi connectivity index (χ3n) is 4.01. The van der Waals surface area contributed by atoms with E-state index in [0.717, 1.165) is 17.3 Å². The maximum atomic E-state index is 2.50. The van der Waals surface area contributed by atoms with E-state index in [-0.39, 0.29) is 0 Å². The third-order valence-corrected chi connectivity index (χ3v) is 4.01. The zero-order valence-corrected chi connectivity index (χ0v) is 7.19. The minimum Gasteiger partial charge on any atom is -0.0622 e. The van der Waals surface area contributed by atoms with E-state index in [4.69, 9.17) is 0 Å². The minimum atomic E-state index is 0.789. The monoisotopic (exact) mass is 138 g/mol. The first-order valence-corrected chi connectivity index (χ1v) is 4.72. The van der Waals surface area contributed by atoms with Crippen LogP contribution in [-0.4, -0.2) is 0 Å². The van der Waals surface area contributed by atoms with E-state index in [9.17, 15) is 0 Å². The summed E-state index contributed by atoms with van der Waals surface area (Å²) in [5.41, 5.74) is 0.789. The van der Waals surface area contributed by atoms with Crippen molar-refractivity contribution in [2.45, 2.75) is 46.0 Å². The first-order valence-electron chi connectivity index (χ1n) is 4.72. The lowest BCUT2D eigenvalue weighted by atomic mass is 9.53. The molecule has 2 unspecified atom stereocenters. The summed E-state index contributed by atoms with van der Waals surface area (Å²) in [6.07, 6.45) is 7.56. The Morgan fingerprint density at radius 1 is 1.20 bits per heavy atom. The van der Waals surface area contributed by atoms with Gasteiger partial charge in [0, 0.05) is 0 Å². The molecular formula is C10H18. The molecule has 2 fully saturated rings. The molecule has 0 amide bonds. The predicted molar refractivity (Wildman–Crippen MR) is 43.8 cm³/mol. The molecule has 10 heavy (non-hydrogen) atoms. The highest BCUT2D eigenvalue weighted by atomic mass is 14.5. The van der Waals surface area contributed by atoms with Crippen LogP contribution in [0.15, 0.2) is 0 Å². The summed E-state index contributed by atoms with van der Waals surface area (Å²) >= 11 is 0. The number of hydrogen-bond acceptors (Lipinski definition) is 0. The van der Waals surface area contributed by atoms with Crippen molar-refractivity contribution in [1.82, 2.24) is 0 Å². The smallest absolute Gasteiger partial charge is 0.0295 e. The molecule has 0 aromatic carbocycles. The SMILES string of the molecule is CC1CCC1C1(C)CCC1. The van der Waals surface area contributed by atoms with Crippen LogP contribution in [0.1, 0.15) is 46.0 Å². The quantitative estimate of drug-likeness (QED) is 0.522. The molecule has 0 radical (unpaired) electrons. The highest BCUT2D eigenvalue weighted by molar-refractivity contribution is 4.96. The van der Waals surface area contributed by atoms with Gasteiger partial charge in [-0.25, -0.2) is 0 Å². The van der Waals surface area contributed by atoms with Gasteiger partial charge in [0.05, 0.1) is 0 Å². The molecule has 0 aromatic rings. The molecule has 0 N–H and O–H groups in total. The van der Waals surface area contributed by atoms with E-state index in [2.05, 4.69) is 13.8 Å². The van der Waals surface area contributed by atoms with E-state index in [1.807, 2.05) is 0 Å². The van der Waals surface area contributed by atoms with Crippen LogP contribution in [0.25, 0.3) is 0 Å². The van der Waals surface area contributed by atoms with Crippen LogP contribution in [0.4, 0.5) is 0 Å². The summed E-state index contributed by atoms with van der Waals surface area (Å²) in [5, 5.41) is 0. The summed E-state index contributed by atoms with van der Waals surface area (Å²) in [6.45, 7) is 4.93. The average molecular weight is 138 g/mol. The number of hydrogen-bond donors (Lipinski definition) is 0. The van der Waals surface area contributed by atoms with Crippen molar-refractivity contribution in [2.24, 2.45) is 17.3 Å². The molecule has 2 saturated carbocycles. The van der Waals surface area contributed by atoms with Crippen molar-refractivity contribution in [1.29, 1.82) is 0 Å². The van der Waals surface area contributed by atoms with Gasteiger partial charge in [0.2, 0.25) is 0 Å². The van der Waals surface area contributed by atoms with Crippen LogP contribution in [0, 0.1) is 17.3 Å². The van der Waals surface area contributed by atoms with E-state index in [1.165, 1.54) is 32.1 Å². The zero-order valence-electron chi connectivity index (χ0n) is 7.19. The molecule has 0 aromatic heterocycles. The Bertz CT molecular complexity index is 133. The van der Waals surface area contributed by atoms with Crippen molar-refractivity contribution in [2.75, 3.05) is 0 Å². The lowest BCUT2D eigenvalue weighted by Crippen LogP contribution is -2.42. The average Bonchev–Trinajstić information content (AvgIpc) is 1.81. The molecule has 0 heterocycles. The van der Waals surface area contributed by atoms with Gasteiger partial charge in [0.25, 0.3) is 0 Å². The molecule has 0 heteroatoms. The lowest BCUT2D eigenvalue weighted by Gasteiger charge is -2.53. The maximum Gasteiger partial charge on any atom is -0.0295 e. The van der Waals surface area contributed by atoms with Crippen LogP contribution in [-0.2, 0) is 0 Å². The number of rotatable bonds is 1. The lowest BCUT2D eigenvalue weighted by molar-refractivity contribution is -0.0215. The van der Waals surface area contributed by atoms with Gasteiger partial charge >= 0.3 is 0 Å². The summed E-state index contributed by atoms with van der Waals surface area (Å²) in [4.78, 5) is 0. The van der Waals surface area contributed by atoms with E-state index >= 15 is 0 Å². The van der Waals surface area contributed by atoms with Gasteiger partial charge in [-0.3, -0.25) is 0 Å². The Morgan fingerprint density at radius 2 is 1.90 bits per heavy atom. The highest BCUT2D eigenvalue weighted by Crippen LogP contribution is 2.56. The zero-order chi connectivity index (χ0) is 7.19. The Hall–Kier alpha value is 0. The molecule has 0 spiro atoms. The fourth-order valence-electron chi connectivity index (χ4n) is 2.81. The van der Waals surface area contributed by atoms with Crippen molar-refractivity contribution in [3.63, 3.8) is 0 Å². The van der Waals surface area contributed by atoms with E-state index in [0.29, 0.717) is 0 Å². The topological polar surface area (TPSA) is 0 Å². The molecule has 2 aliphatic rings. The Kier molecular flexibility index (Phi) is 1.33. The molecule has 2 atom stereocenters. The van der Waals surface area contributed by atoms with Crippen molar-refractivity contribution in [3.8, 4) is 0 Å². The summed E-state index contributed by atoms with van der Waals surface area (Å²) in [7, 11) is 0. The van der Waals surface area contributed by atoms with Gasteiger partial charge in [0.15, 0.2) is 0 Å². The van der Waals surface area contributed by atoms with E-state index in [1.54, 1.807) is 0 Å². The van der Waals surface area contributed by atoms with Crippen LogP contribution >= 0.6 is 0 Å². The first-order chi connectivity index (χ1) is 4.72. The second-order valence-corrected chi connectivity index (χ2v) is 4.67. The van der Waals surface area contributed by atoms with Gasteiger partial charge in [0.1, 0.15) is 0 Å².